The molecule has 0 spiro atoms. The van der Waals surface area contributed by atoms with Crippen LogP contribution in [0.3, 0.4) is 0 Å². The van der Waals surface area contributed by atoms with E-state index in [9.17, 15) is 8.78 Å². The Hall–Kier alpha value is -0.810. The second-order valence-corrected chi connectivity index (χ2v) is 6.22. The molecule has 1 heterocycles. The first kappa shape index (κ1) is 13.2. The van der Waals surface area contributed by atoms with Crippen LogP contribution in [-0.4, -0.2) is 31.4 Å². The number of thioether (sulfide) groups is 1. The SMILES string of the molecule is FC(F)Sc1ccccc1N1CCNC(C2CC2)C1. The van der Waals surface area contributed by atoms with Crippen molar-refractivity contribution in [3.05, 3.63) is 24.3 Å². The molecule has 1 aromatic rings. The molecule has 0 bridgehead atoms. The number of piperazine rings is 1. The summed E-state index contributed by atoms with van der Waals surface area (Å²) < 4.78 is 25.2. The van der Waals surface area contributed by atoms with E-state index in [2.05, 4.69) is 10.2 Å². The number of nitrogens with zero attached hydrogens (tertiary/aromatic N) is 1. The Kier molecular flexibility index (Phi) is 3.93. The van der Waals surface area contributed by atoms with Gasteiger partial charge in [0.2, 0.25) is 0 Å². The van der Waals surface area contributed by atoms with Crippen LogP contribution >= 0.6 is 11.8 Å². The average Bonchev–Trinajstić information content (AvgIpc) is 3.23. The van der Waals surface area contributed by atoms with Crippen molar-refractivity contribution in [2.75, 3.05) is 24.5 Å². The number of nitrogens with one attached hydrogen (secondary N) is 1. The van der Waals surface area contributed by atoms with Crippen LogP contribution in [0.4, 0.5) is 14.5 Å². The Morgan fingerprint density at radius 3 is 2.79 bits per heavy atom. The van der Waals surface area contributed by atoms with Gasteiger partial charge in [0.1, 0.15) is 0 Å². The molecule has 1 saturated heterocycles. The summed E-state index contributed by atoms with van der Waals surface area (Å²) >= 11 is 0.649. The zero-order valence-corrected chi connectivity index (χ0v) is 11.5. The van der Waals surface area contributed by atoms with Crippen molar-refractivity contribution in [2.45, 2.75) is 29.5 Å². The second-order valence-electron chi connectivity index (χ2n) is 5.19. The predicted octanol–water partition coefficient (Wildman–Crippen LogP) is 3.19. The van der Waals surface area contributed by atoms with Crippen LogP contribution in [0.2, 0.25) is 0 Å². The Balaban J connectivity index is 1.76. The van der Waals surface area contributed by atoms with Crippen LogP contribution in [0.25, 0.3) is 0 Å². The van der Waals surface area contributed by atoms with E-state index in [1.54, 1.807) is 6.07 Å². The molecule has 1 N–H and O–H groups in total. The number of hydrogen-bond acceptors (Lipinski definition) is 3. The summed E-state index contributed by atoms with van der Waals surface area (Å²) in [5.41, 5.74) is 0.958. The molecule has 3 rings (SSSR count). The normalized spacial score (nSPS) is 23.9. The van der Waals surface area contributed by atoms with E-state index < -0.39 is 5.76 Å². The summed E-state index contributed by atoms with van der Waals surface area (Å²) in [7, 11) is 0. The molecule has 104 valence electrons. The van der Waals surface area contributed by atoms with Crippen molar-refractivity contribution < 1.29 is 8.78 Å². The van der Waals surface area contributed by atoms with Crippen LogP contribution < -0.4 is 10.2 Å². The minimum absolute atomic E-state index is 0.526. The fourth-order valence-corrected chi connectivity index (χ4v) is 3.39. The van der Waals surface area contributed by atoms with Gasteiger partial charge < -0.3 is 10.2 Å². The Morgan fingerprint density at radius 2 is 2.05 bits per heavy atom. The monoisotopic (exact) mass is 284 g/mol. The van der Waals surface area contributed by atoms with Gasteiger partial charge in [0, 0.05) is 30.6 Å². The molecule has 0 amide bonds. The standard InChI is InChI=1S/C14H18F2N2S/c15-14(16)19-13-4-2-1-3-12(13)18-8-7-17-11(9-18)10-5-6-10/h1-4,10-11,14,17H,5-9H2. The van der Waals surface area contributed by atoms with Crippen molar-refractivity contribution in [3.8, 4) is 0 Å². The first-order chi connectivity index (χ1) is 9.24. The largest absolute Gasteiger partial charge is 0.368 e. The minimum atomic E-state index is -2.36. The Bertz CT molecular complexity index is 437. The summed E-state index contributed by atoms with van der Waals surface area (Å²) in [6, 6.07) is 8.03. The molecule has 19 heavy (non-hydrogen) atoms. The number of halogens is 2. The second kappa shape index (κ2) is 5.67. The number of rotatable bonds is 4. The lowest BCUT2D eigenvalue weighted by atomic mass is 10.1. The van der Waals surface area contributed by atoms with Crippen molar-refractivity contribution >= 4 is 17.4 Å². The fraction of sp³-hybridized carbons (Fsp3) is 0.571. The maximum atomic E-state index is 12.6. The van der Waals surface area contributed by atoms with Gasteiger partial charge in [-0.25, -0.2) is 0 Å². The van der Waals surface area contributed by atoms with Crippen LogP contribution in [0.15, 0.2) is 29.2 Å². The molecule has 5 heteroatoms. The summed E-state index contributed by atoms with van der Waals surface area (Å²) in [5, 5.41) is 3.54. The van der Waals surface area contributed by atoms with Gasteiger partial charge >= 0.3 is 0 Å². The highest BCUT2D eigenvalue weighted by molar-refractivity contribution is 7.99. The number of benzene rings is 1. The highest BCUT2D eigenvalue weighted by Crippen LogP contribution is 2.37. The third-order valence-corrected chi connectivity index (χ3v) is 4.60. The molecule has 0 aromatic heterocycles. The van der Waals surface area contributed by atoms with E-state index >= 15 is 0 Å². The highest BCUT2D eigenvalue weighted by Gasteiger charge is 2.34. The number of para-hydroxylation sites is 1. The van der Waals surface area contributed by atoms with E-state index in [0.29, 0.717) is 22.7 Å². The lowest BCUT2D eigenvalue weighted by Gasteiger charge is -2.36. The summed E-state index contributed by atoms with van der Waals surface area (Å²) in [5.74, 6) is -1.57. The maximum Gasteiger partial charge on any atom is 0.288 e. The van der Waals surface area contributed by atoms with E-state index in [0.717, 1.165) is 31.2 Å². The van der Waals surface area contributed by atoms with E-state index in [4.69, 9.17) is 0 Å². The molecule has 1 aromatic carbocycles. The Labute approximate surface area is 116 Å². The van der Waals surface area contributed by atoms with E-state index in [1.807, 2.05) is 18.2 Å². The van der Waals surface area contributed by atoms with Crippen LogP contribution in [-0.2, 0) is 0 Å². The number of hydrogen-bond donors (Lipinski definition) is 1. The number of alkyl halides is 2. The van der Waals surface area contributed by atoms with Gasteiger partial charge in [-0.05, 0) is 30.9 Å². The number of anilines is 1. The van der Waals surface area contributed by atoms with Gasteiger partial charge in [-0.3, -0.25) is 0 Å². The third kappa shape index (κ3) is 3.20. The summed E-state index contributed by atoms with van der Waals surface area (Å²) in [6.45, 7) is 2.77. The minimum Gasteiger partial charge on any atom is -0.368 e. The molecular formula is C14H18F2N2S. The van der Waals surface area contributed by atoms with Crippen molar-refractivity contribution in [1.29, 1.82) is 0 Å². The molecule has 2 fully saturated rings. The van der Waals surface area contributed by atoms with E-state index in [1.165, 1.54) is 12.8 Å². The maximum absolute atomic E-state index is 12.6. The first-order valence-electron chi connectivity index (χ1n) is 6.76. The molecule has 1 saturated carbocycles. The first-order valence-corrected chi connectivity index (χ1v) is 7.64. The van der Waals surface area contributed by atoms with Crippen LogP contribution in [0.1, 0.15) is 12.8 Å². The van der Waals surface area contributed by atoms with Gasteiger partial charge in [-0.2, -0.15) is 8.78 Å². The topological polar surface area (TPSA) is 15.3 Å². The van der Waals surface area contributed by atoms with Crippen molar-refractivity contribution in [1.82, 2.24) is 5.32 Å². The van der Waals surface area contributed by atoms with Gasteiger partial charge in [-0.15, -0.1) is 0 Å². The van der Waals surface area contributed by atoms with Gasteiger partial charge in [-0.1, -0.05) is 23.9 Å². The molecule has 1 atom stereocenters. The molecule has 2 aliphatic rings. The fourth-order valence-electron chi connectivity index (χ4n) is 2.73. The predicted molar refractivity (Wildman–Crippen MR) is 75.0 cm³/mol. The molecule has 1 unspecified atom stereocenters. The summed E-state index contributed by atoms with van der Waals surface area (Å²) in [6.07, 6.45) is 2.61. The van der Waals surface area contributed by atoms with Crippen molar-refractivity contribution in [2.24, 2.45) is 5.92 Å². The molecule has 0 radical (unpaired) electrons. The lowest BCUT2D eigenvalue weighted by molar-refractivity contribution is 0.252. The molecule has 2 nitrogen and oxygen atoms in total. The lowest BCUT2D eigenvalue weighted by Crippen LogP contribution is -2.51. The Morgan fingerprint density at radius 1 is 1.26 bits per heavy atom. The van der Waals surface area contributed by atoms with Crippen molar-refractivity contribution in [3.63, 3.8) is 0 Å². The molecule has 1 aliphatic heterocycles. The molecular weight excluding hydrogens is 266 g/mol. The van der Waals surface area contributed by atoms with E-state index in [-0.39, 0.29) is 0 Å². The quantitative estimate of drug-likeness (QED) is 0.855. The summed E-state index contributed by atoms with van der Waals surface area (Å²) in [4.78, 5) is 2.94. The smallest absolute Gasteiger partial charge is 0.288 e. The van der Waals surface area contributed by atoms with Gasteiger partial charge in [0.15, 0.2) is 0 Å². The highest BCUT2D eigenvalue weighted by atomic mass is 32.2. The average molecular weight is 284 g/mol. The zero-order chi connectivity index (χ0) is 13.2. The van der Waals surface area contributed by atoms with Crippen LogP contribution in [0.5, 0.6) is 0 Å². The van der Waals surface area contributed by atoms with Crippen LogP contribution in [0, 0.1) is 5.92 Å². The van der Waals surface area contributed by atoms with Gasteiger partial charge in [0.05, 0.1) is 5.69 Å². The third-order valence-electron chi connectivity index (χ3n) is 3.82. The molecule has 1 aliphatic carbocycles. The van der Waals surface area contributed by atoms with Gasteiger partial charge in [0.25, 0.3) is 5.76 Å². The zero-order valence-electron chi connectivity index (χ0n) is 10.7.